The summed E-state index contributed by atoms with van der Waals surface area (Å²) in [6.45, 7) is 0.819. The first-order valence-electron chi connectivity index (χ1n) is 8.93. The van der Waals surface area contributed by atoms with Gasteiger partial charge < -0.3 is 4.74 Å². The van der Waals surface area contributed by atoms with Gasteiger partial charge in [0, 0.05) is 28.8 Å². The Morgan fingerprint density at radius 1 is 1.07 bits per heavy atom. The molecule has 29 heavy (non-hydrogen) atoms. The maximum Gasteiger partial charge on any atom is 0.262 e. The van der Waals surface area contributed by atoms with E-state index in [9.17, 15) is 4.79 Å². The van der Waals surface area contributed by atoms with E-state index in [2.05, 4.69) is 9.97 Å². The number of benzene rings is 2. The first kappa shape index (κ1) is 20.2. The van der Waals surface area contributed by atoms with E-state index in [-0.39, 0.29) is 5.56 Å². The number of fused-ring (bicyclic) bond motifs is 2. The Kier molecular flexibility index (Phi) is 6.06. The van der Waals surface area contributed by atoms with Crippen molar-refractivity contribution in [2.24, 2.45) is 0 Å². The number of nitrogens with zero attached hydrogens (tertiary/aromatic N) is 3. The van der Waals surface area contributed by atoms with E-state index in [0.717, 1.165) is 16.5 Å². The maximum absolute atomic E-state index is 13.0. The molecule has 0 N–H and O–H groups in total. The van der Waals surface area contributed by atoms with Gasteiger partial charge in [0.2, 0.25) is 0 Å². The Bertz CT molecular complexity index is 1260. The minimum Gasteiger partial charge on any atom is -0.383 e. The normalized spacial score (nSPS) is 11.4. The Labute approximate surface area is 181 Å². The van der Waals surface area contributed by atoms with Crippen molar-refractivity contribution in [2.45, 2.75) is 17.5 Å². The SMILES string of the molecule is COCCn1c(SCc2cc3ccccc3nc2Cl)nc2cc(Cl)ccc2c1=O. The average molecular weight is 446 g/mol. The van der Waals surface area contributed by atoms with Gasteiger partial charge in [-0.2, -0.15) is 0 Å². The van der Waals surface area contributed by atoms with Crippen molar-refractivity contribution >= 4 is 56.8 Å². The molecule has 4 aromatic rings. The zero-order chi connectivity index (χ0) is 20.4. The van der Waals surface area contributed by atoms with Crippen LogP contribution in [0, 0.1) is 0 Å². The van der Waals surface area contributed by atoms with E-state index >= 15 is 0 Å². The molecule has 0 aliphatic heterocycles. The van der Waals surface area contributed by atoms with Gasteiger partial charge in [0.15, 0.2) is 5.16 Å². The molecule has 2 aromatic carbocycles. The van der Waals surface area contributed by atoms with Gasteiger partial charge in [-0.3, -0.25) is 9.36 Å². The molecule has 0 radical (unpaired) electrons. The van der Waals surface area contributed by atoms with Crippen LogP contribution in [0.25, 0.3) is 21.8 Å². The number of halogens is 2. The molecule has 0 unspecified atom stereocenters. The number of hydrogen-bond donors (Lipinski definition) is 0. The van der Waals surface area contributed by atoms with Crippen LogP contribution < -0.4 is 5.56 Å². The first-order valence-corrected chi connectivity index (χ1v) is 10.7. The topological polar surface area (TPSA) is 57.0 Å². The maximum atomic E-state index is 13.0. The largest absolute Gasteiger partial charge is 0.383 e. The lowest BCUT2D eigenvalue weighted by molar-refractivity contribution is 0.183. The van der Waals surface area contributed by atoms with Gasteiger partial charge in [-0.05, 0) is 30.3 Å². The molecule has 0 spiro atoms. The summed E-state index contributed by atoms with van der Waals surface area (Å²) in [6, 6.07) is 14.9. The van der Waals surface area contributed by atoms with Crippen molar-refractivity contribution < 1.29 is 4.74 Å². The highest BCUT2D eigenvalue weighted by Gasteiger charge is 2.14. The van der Waals surface area contributed by atoms with Gasteiger partial charge in [0.1, 0.15) is 5.15 Å². The van der Waals surface area contributed by atoms with Crippen LogP contribution in [-0.2, 0) is 17.0 Å². The molecule has 0 saturated carbocycles. The second kappa shape index (κ2) is 8.71. The standard InChI is InChI=1S/C21H17Cl2N3O2S/c1-28-9-8-26-20(27)16-7-6-15(22)11-18(16)25-21(26)29-12-14-10-13-4-2-3-5-17(13)24-19(14)23/h2-7,10-11H,8-9,12H2,1H3. The molecular weight excluding hydrogens is 429 g/mol. The minimum atomic E-state index is -0.117. The van der Waals surface area contributed by atoms with Crippen LogP contribution in [0.15, 0.2) is 58.5 Å². The van der Waals surface area contributed by atoms with Crippen LogP contribution in [-0.4, -0.2) is 28.3 Å². The summed E-state index contributed by atoms with van der Waals surface area (Å²) in [5.41, 5.74) is 2.19. The highest BCUT2D eigenvalue weighted by molar-refractivity contribution is 7.98. The first-order chi connectivity index (χ1) is 14.1. The number of methoxy groups -OCH3 is 1. The summed E-state index contributed by atoms with van der Waals surface area (Å²) < 4.78 is 6.80. The lowest BCUT2D eigenvalue weighted by atomic mass is 10.2. The van der Waals surface area contributed by atoms with Gasteiger partial charge in [-0.1, -0.05) is 53.2 Å². The lowest BCUT2D eigenvalue weighted by Gasteiger charge is -2.13. The minimum absolute atomic E-state index is 0.117. The van der Waals surface area contributed by atoms with Crippen LogP contribution in [0.3, 0.4) is 0 Å². The van der Waals surface area contributed by atoms with E-state index in [4.69, 9.17) is 27.9 Å². The fourth-order valence-electron chi connectivity index (χ4n) is 3.04. The van der Waals surface area contributed by atoms with Crippen molar-refractivity contribution in [1.29, 1.82) is 0 Å². The second-order valence-electron chi connectivity index (χ2n) is 6.43. The number of hydrogen-bond acceptors (Lipinski definition) is 5. The van der Waals surface area contributed by atoms with Crippen molar-refractivity contribution in [1.82, 2.24) is 14.5 Å². The van der Waals surface area contributed by atoms with Gasteiger partial charge >= 0.3 is 0 Å². The highest BCUT2D eigenvalue weighted by atomic mass is 35.5. The number of pyridine rings is 1. The molecular formula is C21H17Cl2N3O2S. The van der Waals surface area contributed by atoms with Crippen LogP contribution in [0.4, 0.5) is 0 Å². The van der Waals surface area contributed by atoms with E-state index < -0.39 is 0 Å². The summed E-state index contributed by atoms with van der Waals surface area (Å²) in [6.07, 6.45) is 0. The van der Waals surface area contributed by atoms with Crippen LogP contribution in [0.2, 0.25) is 10.2 Å². The Hall–Kier alpha value is -2.12. The van der Waals surface area contributed by atoms with Crippen LogP contribution in [0.5, 0.6) is 0 Å². The van der Waals surface area contributed by atoms with Crippen molar-refractivity contribution in [2.75, 3.05) is 13.7 Å². The van der Waals surface area contributed by atoms with Gasteiger partial charge in [-0.25, -0.2) is 9.97 Å². The van der Waals surface area contributed by atoms with Crippen molar-refractivity contribution in [3.63, 3.8) is 0 Å². The molecule has 0 aliphatic rings. The lowest BCUT2D eigenvalue weighted by Crippen LogP contribution is -2.25. The third-order valence-electron chi connectivity index (χ3n) is 4.51. The quantitative estimate of drug-likeness (QED) is 0.232. The van der Waals surface area contributed by atoms with Gasteiger partial charge in [-0.15, -0.1) is 0 Å². The third-order valence-corrected chi connectivity index (χ3v) is 6.10. The molecule has 0 aliphatic carbocycles. The average Bonchev–Trinajstić information content (AvgIpc) is 2.71. The zero-order valence-corrected chi connectivity index (χ0v) is 17.9. The second-order valence-corrected chi connectivity index (χ2v) is 8.16. The fraction of sp³-hybridized carbons (Fsp3) is 0.190. The predicted molar refractivity (Wildman–Crippen MR) is 119 cm³/mol. The van der Waals surface area contributed by atoms with Crippen LogP contribution >= 0.6 is 35.0 Å². The summed E-state index contributed by atoms with van der Waals surface area (Å²) in [7, 11) is 1.60. The van der Waals surface area contributed by atoms with Crippen molar-refractivity contribution in [3.8, 4) is 0 Å². The molecule has 5 nitrogen and oxygen atoms in total. The number of ether oxygens (including phenoxy) is 1. The van der Waals surface area contributed by atoms with E-state index in [1.165, 1.54) is 11.8 Å². The Morgan fingerprint density at radius 3 is 2.72 bits per heavy atom. The molecule has 0 bridgehead atoms. The third kappa shape index (κ3) is 4.26. The monoisotopic (exact) mass is 445 g/mol. The molecule has 2 heterocycles. The summed E-state index contributed by atoms with van der Waals surface area (Å²) in [4.78, 5) is 22.1. The molecule has 0 saturated heterocycles. The van der Waals surface area contributed by atoms with E-state index in [0.29, 0.717) is 45.1 Å². The Balaban J connectivity index is 1.73. The summed E-state index contributed by atoms with van der Waals surface area (Å²) in [5, 5.41) is 3.12. The zero-order valence-electron chi connectivity index (χ0n) is 15.6. The van der Waals surface area contributed by atoms with Gasteiger partial charge in [0.25, 0.3) is 5.56 Å². The molecule has 0 amide bonds. The smallest absolute Gasteiger partial charge is 0.262 e. The highest BCUT2D eigenvalue weighted by Crippen LogP contribution is 2.28. The molecule has 2 aromatic heterocycles. The van der Waals surface area contributed by atoms with Gasteiger partial charge in [0.05, 0.1) is 29.6 Å². The molecule has 8 heteroatoms. The number of thioether (sulfide) groups is 1. The van der Waals surface area contributed by atoms with E-state index in [1.54, 1.807) is 29.9 Å². The molecule has 4 rings (SSSR count). The predicted octanol–water partition coefficient (Wildman–Crippen LogP) is 5.19. The summed E-state index contributed by atoms with van der Waals surface area (Å²) >= 11 is 13.9. The van der Waals surface area contributed by atoms with E-state index in [1.807, 2.05) is 30.3 Å². The summed E-state index contributed by atoms with van der Waals surface area (Å²) in [5.74, 6) is 0.530. The number of para-hydroxylation sites is 1. The number of rotatable bonds is 6. The molecule has 0 atom stereocenters. The molecule has 148 valence electrons. The van der Waals surface area contributed by atoms with Crippen molar-refractivity contribution in [3.05, 3.63) is 74.6 Å². The fourth-order valence-corrected chi connectivity index (χ4v) is 4.50. The van der Waals surface area contributed by atoms with Crippen LogP contribution in [0.1, 0.15) is 5.56 Å². The number of aromatic nitrogens is 3. The Morgan fingerprint density at radius 2 is 1.90 bits per heavy atom. The molecule has 0 fully saturated rings.